The second-order valence-corrected chi connectivity index (χ2v) is 8.26. The third kappa shape index (κ3) is 6.29. The number of hydrogen-bond acceptors (Lipinski definition) is 7. The van der Waals surface area contributed by atoms with Gasteiger partial charge >= 0.3 is 12.1 Å². The van der Waals surface area contributed by atoms with Crippen LogP contribution < -0.4 is 5.32 Å². The zero-order valence-corrected chi connectivity index (χ0v) is 19.9. The number of ketones is 1. The molecule has 0 fully saturated rings. The molecule has 0 aromatic heterocycles. The van der Waals surface area contributed by atoms with Crippen LogP contribution in [0.5, 0.6) is 5.75 Å². The maximum absolute atomic E-state index is 12.8. The molecular formula is C26H27NO6S. The van der Waals surface area contributed by atoms with Gasteiger partial charge in [0, 0.05) is 28.1 Å². The Morgan fingerprint density at radius 3 is 2.32 bits per heavy atom. The van der Waals surface area contributed by atoms with Crippen LogP contribution in [0.1, 0.15) is 42.3 Å². The summed E-state index contributed by atoms with van der Waals surface area (Å²) >= 11 is 3.90. The van der Waals surface area contributed by atoms with Gasteiger partial charge in [0.05, 0.1) is 12.4 Å². The first-order chi connectivity index (χ1) is 16.3. The molecule has 34 heavy (non-hydrogen) atoms. The second-order valence-electron chi connectivity index (χ2n) is 7.95. The molecule has 1 amide bonds. The summed E-state index contributed by atoms with van der Waals surface area (Å²) in [5.74, 6) is -0.590. The minimum atomic E-state index is -0.684. The van der Waals surface area contributed by atoms with Gasteiger partial charge in [-0.05, 0) is 49.1 Å². The van der Waals surface area contributed by atoms with E-state index < -0.39 is 18.2 Å². The molecule has 0 saturated heterocycles. The Labute approximate surface area is 203 Å². The summed E-state index contributed by atoms with van der Waals surface area (Å²) < 4.78 is 11.0. The molecule has 0 bridgehead atoms. The molecule has 7 nitrogen and oxygen atoms in total. The van der Waals surface area contributed by atoms with E-state index >= 15 is 0 Å². The van der Waals surface area contributed by atoms with Gasteiger partial charge in [0.2, 0.25) is 0 Å². The number of anilines is 1. The Hall–Kier alpha value is -3.52. The summed E-state index contributed by atoms with van der Waals surface area (Å²) in [6, 6.07) is 17.1. The van der Waals surface area contributed by atoms with Crippen LogP contribution in [0.3, 0.4) is 0 Å². The molecule has 178 valence electrons. The topological polar surface area (TPSA) is 102 Å². The van der Waals surface area contributed by atoms with Crippen molar-refractivity contribution >= 4 is 46.9 Å². The van der Waals surface area contributed by atoms with E-state index in [-0.39, 0.29) is 29.8 Å². The number of fused-ring (bicyclic) bond motifs is 1. The molecule has 3 rings (SSSR count). The summed E-state index contributed by atoms with van der Waals surface area (Å²) in [7, 11) is 0. The van der Waals surface area contributed by atoms with E-state index in [4.69, 9.17) is 9.47 Å². The Bertz CT molecular complexity index is 1180. The molecule has 0 aliphatic heterocycles. The number of amides is 1. The molecular weight excluding hydrogens is 454 g/mol. The summed E-state index contributed by atoms with van der Waals surface area (Å²) in [6.07, 6.45) is -0.909. The number of phenolic OH excluding ortho intramolecular Hbond substituents is 1. The predicted molar refractivity (Wildman–Crippen MR) is 133 cm³/mol. The number of ether oxygens (including phenoxy) is 2. The minimum absolute atomic E-state index is 0.0122. The number of benzene rings is 3. The highest BCUT2D eigenvalue weighted by Gasteiger charge is 2.26. The molecule has 0 saturated carbocycles. The van der Waals surface area contributed by atoms with Crippen molar-refractivity contribution < 1.29 is 29.0 Å². The molecule has 0 spiro atoms. The molecule has 3 aromatic carbocycles. The van der Waals surface area contributed by atoms with Crippen LogP contribution in [0, 0.1) is 5.92 Å². The lowest BCUT2D eigenvalue weighted by atomic mass is 9.90. The Balaban J connectivity index is 1.84. The van der Waals surface area contributed by atoms with E-state index in [1.807, 2.05) is 25.1 Å². The second kappa shape index (κ2) is 11.6. The minimum Gasteiger partial charge on any atom is -0.507 e. The smallest absolute Gasteiger partial charge is 0.412 e. The fourth-order valence-corrected chi connectivity index (χ4v) is 3.74. The lowest BCUT2D eigenvalue weighted by Gasteiger charge is -2.26. The van der Waals surface area contributed by atoms with E-state index in [0.29, 0.717) is 23.1 Å². The van der Waals surface area contributed by atoms with Crippen molar-refractivity contribution in [2.45, 2.75) is 26.4 Å². The lowest BCUT2D eigenvalue weighted by Crippen LogP contribution is -2.23. The maximum atomic E-state index is 12.8. The number of esters is 1. The van der Waals surface area contributed by atoms with E-state index in [1.54, 1.807) is 42.5 Å². The van der Waals surface area contributed by atoms with Gasteiger partial charge in [-0.3, -0.25) is 14.9 Å². The quantitative estimate of drug-likeness (QED) is 0.211. The van der Waals surface area contributed by atoms with Crippen molar-refractivity contribution in [2.24, 2.45) is 5.92 Å². The largest absolute Gasteiger partial charge is 0.507 e. The molecule has 8 heteroatoms. The first kappa shape index (κ1) is 25.1. The number of nitrogens with one attached hydrogen (secondary N) is 1. The molecule has 0 aliphatic rings. The summed E-state index contributed by atoms with van der Waals surface area (Å²) in [6.45, 7) is 3.53. The number of carbonyl (C=O) groups excluding carboxylic acids is 3. The molecule has 0 heterocycles. The third-order valence-corrected chi connectivity index (χ3v) is 5.75. The summed E-state index contributed by atoms with van der Waals surface area (Å²) in [5, 5.41) is 14.4. The number of aromatic hydroxyl groups is 1. The van der Waals surface area contributed by atoms with Crippen LogP contribution in [0.2, 0.25) is 0 Å². The van der Waals surface area contributed by atoms with E-state index in [9.17, 15) is 19.5 Å². The van der Waals surface area contributed by atoms with Gasteiger partial charge in [-0.2, -0.15) is 12.6 Å². The summed E-state index contributed by atoms with van der Waals surface area (Å²) in [5.41, 5.74) is 1.75. The van der Waals surface area contributed by atoms with Gasteiger partial charge in [0.15, 0.2) is 5.78 Å². The van der Waals surface area contributed by atoms with Crippen molar-refractivity contribution in [3.8, 4) is 5.75 Å². The molecule has 0 aliphatic carbocycles. The van der Waals surface area contributed by atoms with Crippen LogP contribution >= 0.6 is 12.6 Å². The summed E-state index contributed by atoms with van der Waals surface area (Å²) in [4.78, 5) is 35.7. The molecule has 2 atom stereocenters. The SMILES string of the molecule is CC(=O)c1ccc(NC(=O)O[C@@H](c2ccc(O)c3ccccc23)[C@H](C)CCOC(=O)CS)cc1. The zero-order chi connectivity index (χ0) is 24.7. The van der Waals surface area contributed by atoms with Crippen LogP contribution in [0.15, 0.2) is 60.7 Å². The lowest BCUT2D eigenvalue weighted by molar-refractivity contribution is -0.141. The number of phenols is 1. The number of hydrogen-bond donors (Lipinski definition) is 3. The maximum Gasteiger partial charge on any atom is 0.412 e. The van der Waals surface area contributed by atoms with E-state index in [1.165, 1.54) is 6.92 Å². The van der Waals surface area contributed by atoms with Crippen molar-refractivity contribution in [1.29, 1.82) is 0 Å². The van der Waals surface area contributed by atoms with Crippen molar-refractivity contribution in [2.75, 3.05) is 17.7 Å². The average molecular weight is 482 g/mol. The Morgan fingerprint density at radius 2 is 1.68 bits per heavy atom. The Morgan fingerprint density at radius 1 is 1.00 bits per heavy atom. The van der Waals surface area contributed by atoms with Gasteiger partial charge in [-0.15, -0.1) is 0 Å². The highest BCUT2D eigenvalue weighted by Crippen LogP contribution is 2.37. The fourth-order valence-electron chi connectivity index (χ4n) is 3.65. The fraction of sp³-hybridized carbons (Fsp3) is 0.269. The first-order valence-corrected chi connectivity index (χ1v) is 11.5. The highest BCUT2D eigenvalue weighted by molar-refractivity contribution is 7.81. The van der Waals surface area contributed by atoms with Crippen molar-refractivity contribution in [1.82, 2.24) is 0 Å². The molecule has 3 aromatic rings. The van der Waals surface area contributed by atoms with Crippen LogP contribution in [-0.4, -0.2) is 35.3 Å². The zero-order valence-electron chi connectivity index (χ0n) is 19.0. The van der Waals surface area contributed by atoms with E-state index in [2.05, 4.69) is 17.9 Å². The Kier molecular flexibility index (Phi) is 8.54. The van der Waals surface area contributed by atoms with Crippen molar-refractivity contribution in [3.63, 3.8) is 0 Å². The molecule has 2 N–H and O–H groups in total. The van der Waals surface area contributed by atoms with Crippen molar-refractivity contribution in [3.05, 3.63) is 71.8 Å². The normalized spacial score (nSPS) is 12.6. The number of carbonyl (C=O) groups is 3. The van der Waals surface area contributed by atoms with Gasteiger partial charge in [-0.25, -0.2) is 4.79 Å². The predicted octanol–water partition coefficient (Wildman–Crippen LogP) is 5.54. The van der Waals surface area contributed by atoms with Crippen LogP contribution in [0.25, 0.3) is 10.8 Å². The number of rotatable bonds is 9. The third-order valence-electron chi connectivity index (χ3n) is 5.50. The average Bonchev–Trinajstić information content (AvgIpc) is 2.83. The van der Waals surface area contributed by atoms with Gasteiger partial charge in [-0.1, -0.05) is 37.3 Å². The monoisotopic (exact) mass is 481 g/mol. The van der Waals surface area contributed by atoms with Gasteiger partial charge in [0.25, 0.3) is 0 Å². The first-order valence-electron chi connectivity index (χ1n) is 10.9. The van der Waals surface area contributed by atoms with Crippen LogP contribution in [-0.2, 0) is 14.3 Å². The number of Topliss-reactive ketones (excluding diaryl/α,β-unsaturated/α-hetero) is 1. The van der Waals surface area contributed by atoms with Gasteiger partial charge < -0.3 is 14.6 Å². The standard InChI is InChI=1S/C26H27NO6S/c1-16(13-14-32-24(30)15-34)25(22-11-12-23(29)21-6-4-3-5-20(21)22)33-26(31)27-19-9-7-18(8-10-19)17(2)28/h3-12,16,25,29,34H,13-15H2,1-2H3,(H,27,31)/t16-,25-/m1/s1. The molecule has 0 radical (unpaired) electrons. The van der Waals surface area contributed by atoms with Crippen LogP contribution in [0.4, 0.5) is 10.5 Å². The van der Waals surface area contributed by atoms with Gasteiger partial charge in [0.1, 0.15) is 11.9 Å². The van der Waals surface area contributed by atoms with E-state index in [0.717, 1.165) is 10.9 Å². The number of thiol groups is 1. The molecule has 0 unspecified atom stereocenters. The highest BCUT2D eigenvalue weighted by atomic mass is 32.1.